The second-order valence-electron chi connectivity index (χ2n) is 7.53. The van der Waals surface area contributed by atoms with Crippen molar-refractivity contribution in [1.82, 2.24) is 9.88 Å². The summed E-state index contributed by atoms with van der Waals surface area (Å²) in [5.41, 5.74) is 0.239. The van der Waals surface area contributed by atoms with E-state index < -0.39 is 15.7 Å². The maximum atomic E-state index is 14.2. The van der Waals surface area contributed by atoms with Crippen LogP contribution in [0.15, 0.2) is 47.4 Å². The second kappa shape index (κ2) is 11.4. The van der Waals surface area contributed by atoms with Crippen LogP contribution in [-0.2, 0) is 14.6 Å². The number of halogens is 2. The molecule has 0 aliphatic carbocycles. The van der Waals surface area contributed by atoms with Gasteiger partial charge in [0.15, 0.2) is 15.0 Å². The highest BCUT2D eigenvalue weighted by Gasteiger charge is 2.22. The van der Waals surface area contributed by atoms with Gasteiger partial charge >= 0.3 is 0 Å². The largest absolute Gasteiger partial charge is 0.302 e. The average molecular weight is 512 g/mol. The summed E-state index contributed by atoms with van der Waals surface area (Å²) < 4.78 is 40.0. The number of carbonyl (C=O) groups is 1. The molecule has 0 radical (unpaired) electrons. The Morgan fingerprint density at radius 1 is 1.09 bits per heavy atom. The molecule has 10 heteroatoms. The molecule has 0 saturated heterocycles. The van der Waals surface area contributed by atoms with Crippen LogP contribution < -0.4 is 4.90 Å². The third-order valence-electron chi connectivity index (χ3n) is 5.40. The number of rotatable bonds is 11. The molecular formula is C23H27ClFN3O3S2. The molecule has 1 aromatic heterocycles. The molecule has 0 aliphatic heterocycles. The van der Waals surface area contributed by atoms with Crippen molar-refractivity contribution in [2.24, 2.45) is 0 Å². The summed E-state index contributed by atoms with van der Waals surface area (Å²) in [7, 11) is -3.52. The Morgan fingerprint density at radius 2 is 1.79 bits per heavy atom. The van der Waals surface area contributed by atoms with Crippen LogP contribution in [0, 0.1) is 5.82 Å². The lowest BCUT2D eigenvalue weighted by Gasteiger charge is -2.24. The molecule has 0 unspecified atom stereocenters. The van der Waals surface area contributed by atoms with Crippen molar-refractivity contribution in [2.45, 2.75) is 31.6 Å². The first-order valence-electron chi connectivity index (χ1n) is 10.8. The first-order valence-corrected chi connectivity index (χ1v) is 13.7. The maximum absolute atomic E-state index is 14.2. The fourth-order valence-corrected chi connectivity index (χ4v) is 5.90. The number of carbonyl (C=O) groups excluding carboxylic acids is 1. The van der Waals surface area contributed by atoms with Crippen molar-refractivity contribution in [3.05, 3.63) is 53.3 Å². The fraction of sp³-hybridized carbons (Fsp3) is 0.391. The van der Waals surface area contributed by atoms with Crippen LogP contribution in [0.4, 0.5) is 9.52 Å². The van der Waals surface area contributed by atoms with Crippen molar-refractivity contribution in [1.29, 1.82) is 0 Å². The highest BCUT2D eigenvalue weighted by Crippen LogP contribution is 2.30. The number of amides is 1. The quantitative estimate of drug-likeness (QED) is 0.361. The zero-order valence-electron chi connectivity index (χ0n) is 18.6. The van der Waals surface area contributed by atoms with Gasteiger partial charge < -0.3 is 4.90 Å². The predicted molar refractivity (Wildman–Crippen MR) is 132 cm³/mol. The summed E-state index contributed by atoms with van der Waals surface area (Å²) >= 11 is 7.09. The molecular weight excluding hydrogens is 485 g/mol. The first-order chi connectivity index (χ1) is 15.7. The van der Waals surface area contributed by atoms with Gasteiger partial charge in [0.25, 0.3) is 0 Å². The molecule has 0 spiro atoms. The molecule has 3 rings (SSSR count). The molecule has 1 amide bonds. The summed E-state index contributed by atoms with van der Waals surface area (Å²) in [6.45, 7) is 6.81. The molecule has 33 heavy (non-hydrogen) atoms. The number of anilines is 1. The van der Waals surface area contributed by atoms with Gasteiger partial charge in [-0.3, -0.25) is 9.69 Å². The monoisotopic (exact) mass is 511 g/mol. The molecule has 6 nitrogen and oxygen atoms in total. The average Bonchev–Trinajstić information content (AvgIpc) is 3.22. The predicted octanol–water partition coefficient (Wildman–Crippen LogP) is 5.02. The Hall–Kier alpha value is -2.07. The summed E-state index contributed by atoms with van der Waals surface area (Å²) in [5, 5.41) is 0.882. The van der Waals surface area contributed by atoms with E-state index in [-0.39, 0.29) is 34.9 Å². The molecule has 0 bridgehead atoms. The van der Waals surface area contributed by atoms with Gasteiger partial charge in [0.05, 0.1) is 15.3 Å². The first kappa shape index (κ1) is 25.6. The minimum Gasteiger partial charge on any atom is -0.302 e. The summed E-state index contributed by atoms with van der Waals surface area (Å²) in [5.74, 6) is -0.813. The van der Waals surface area contributed by atoms with Crippen molar-refractivity contribution in [3.63, 3.8) is 0 Å². The zero-order valence-corrected chi connectivity index (χ0v) is 21.0. The van der Waals surface area contributed by atoms with Gasteiger partial charge in [-0.1, -0.05) is 42.9 Å². The number of benzene rings is 2. The van der Waals surface area contributed by atoms with Gasteiger partial charge in [-0.25, -0.2) is 17.8 Å². The minimum atomic E-state index is -3.52. The number of sulfone groups is 1. The summed E-state index contributed by atoms with van der Waals surface area (Å²) in [6.07, 6.45) is 0.217. The van der Waals surface area contributed by atoms with Crippen LogP contribution in [0.1, 0.15) is 26.7 Å². The topological polar surface area (TPSA) is 70.6 Å². The lowest BCUT2D eigenvalue weighted by molar-refractivity contribution is -0.118. The fourth-order valence-electron chi connectivity index (χ4n) is 3.44. The standard InChI is InChI=1S/C23H27ClFN3O3S2/c1-3-27(4-2)14-15-28(23-26-22-19(25)7-5-8-20(22)32-23)21(29)9-6-16-33(30,31)18-12-10-17(24)11-13-18/h5,7-8,10-13H,3-4,6,9,14-16H2,1-2H3. The number of hydrogen-bond acceptors (Lipinski definition) is 6. The van der Waals surface area contributed by atoms with E-state index in [1.165, 1.54) is 41.7 Å². The summed E-state index contributed by atoms with van der Waals surface area (Å²) in [6, 6.07) is 10.7. The molecule has 3 aromatic rings. The number of hydrogen-bond donors (Lipinski definition) is 0. The smallest absolute Gasteiger partial charge is 0.228 e. The molecule has 0 fully saturated rings. The van der Waals surface area contributed by atoms with Crippen LogP contribution >= 0.6 is 22.9 Å². The van der Waals surface area contributed by atoms with E-state index >= 15 is 0 Å². The highest BCUT2D eigenvalue weighted by molar-refractivity contribution is 7.91. The van der Waals surface area contributed by atoms with Gasteiger partial charge in [-0.2, -0.15) is 0 Å². The van der Waals surface area contributed by atoms with Crippen molar-refractivity contribution < 1.29 is 17.6 Å². The van der Waals surface area contributed by atoms with Crippen molar-refractivity contribution >= 4 is 54.0 Å². The van der Waals surface area contributed by atoms with E-state index in [0.717, 1.165) is 13.1 Å². The van der Waals surface area contributed by atoms with Gasteiger partial charge in [0.1, 0.15) is 11.3 Å². The van der Waals surface area contributed by atoms with Gasteiger partial charge in [-0.05, 0) is 55.9 Å². The highest BCUT2D eigenvalue weighted by atomic mass is 35.5. The number of nitrogens with zero attached hydrogens (tertiary/aromatic N) is 3. The second-order valence-corrected chi connectivity index (χ2v) is 11.1. The number of aromatic nitrogens is 1. The number of thiazole rings is 1. The Bertz CT molecular complexity index is 1200. The molecule has 178 valence electrons. The summed E-state index contributed by atoms with van der Waals surface area (Å²) in [4.78, 5) is 21.4. The number of likely N-dealkylation sites (N-methyl/N-ethyl adjacent to an activating group) is 1. The molecule has 0 aliphatic rings. The van der Waals surface area contributed by atoms with E-state index in [1.54, 1.807) is 17.0 Å². The van der Waals surface area contributed by atoms with Crippen molar-refractivity contribution in [3.8, 4) is 0 Å². The van der Waals surface area contributed by atoms with Crippen LogP contribution in [0.2, 0.25) is 5.02 Å². The van der Waals surface area contributed by atoms with E-state index in [9.17, 15) is 17.6 Å². The third-order valence-corrected chi connectivity index (χ3v) is 8.51. The van der Waals surface area contributed by atoms with E-state index in [4.69, 9.17) is 11.6 Å². The lowest BCUT2D eigenvalue weighted by atomic mass is 10.3. The molecule has 1 heterocycles. The van der Waals surface area contributed by atoms with Gasteiger partial charge in [0.2, 0.25) is 5.91 Å². The van der Waals surface area contributed by atoms with Gasteiger partial charge in [0, 0.05) is 24.5 Å². The van der Waals surface area contributed by atoms with Crippen LogP contribution in [-0.4, -0.2) is 56.1 Å². The molecule has 0 saturated carbocycles. The maximum Gasteiger partial charge on any atom is 0.228 e. The van der Waals surface area contributed by atoms with E-state index in [2.05, 4.69) is 9.88 Å². The van der Waals surface area contributed by atoms with E-state index in [1.807, 2.05) is 13.8 Å². The van der Waals surface area contributed by atoms with Crippen LogP contribution in [0.5, 0.6) is 0 Å². The lowest BCUT2D eigenvalue weighted by Crippen LogP contribution is -2.38. The molecule has 0 N–H and O–H groups in total. The van der Waals surface area contributed by atoms with Crippen LogP contribution in [0.25, 0.3) is 10.2 Å². The molecule has 0 atom stereocenters. The minimum absolute atomic E-state index is 0.0451. The van der Waals surface area contributed by atoms with Crippen LogP contribution in [0.3, 0.4) is 0 Å². The van der Waals surface area contributed by atoms with Gasteiger partial charge in [-0.15, -0.1) is 0 Å². The number of fused-ring (bicyclic) bond motifs is 1. The Morgan fingerprint density at radius 3 is 2.42 bits per heavy atom. The SMILES string of the molecule is CCN(CC)CCN(C(=O)CCCS(=O)(=O)c1ccc(Cl)cc1)c1nc2c(F)cccc2s1. The Labute approximate surface area is 202 Å². The number of para-hydroxylation sites is 1. The Kier molecular flexibility index (Phi) is 8.81. The normalized spacial score (nSPS) is 11.9. The Balaban J connectivity index is 1.74. The zero-order chi connectivity index (χ0) is 24.0. The van der Waals surface area contributed by atoms with E-state index in [0.29, 0.717) is 27.9 Å². The third kappa shape index (κ3) is 6.50. The molecule has 2 aromatic carbocycles. The van der Waals surface area contributed by atoms with Crippen molar-refractivity contribution in [2.75, 3.05) is 36.8 Å².